The first-order chi connectivity index (χ1) is 10.2. The SMILES string of the molecule is Cc1nn(C)c(C)c1C(=O)OC1CCN(CC(F)(F)F)CC1. The van der Waals surface area contributed by atoms with Crippen LogP contribution in [0.2, 0.25) is 0 Å². The molecule has 0 spiro atoms. The maximum Gasteiger partial charge on any atom is 0.401 e. The van der Waals surface area contributed by atoms with Gasteiger partial charge in [0, 0.05) is 25.8 Å². The van der Waals surface area contributed by atoms with Crippen molar-refractivity contribution in [2.45, 2.75) is 39.0 Å². The number of likely N-dealkylation sites (tertiary alicyclic amines) is 1. The number of carbonyl (C=O) groups excluding carboxylic acids is 1. The average Bonchev–Trinajstić information content (AvgIpc) is 2.64. The first-order valence-corrected chi connectivity index (χ1v) is 7.17. The Balaban J connectivity index is 1.89. The number of nitrogens with zero attached hydrogens (tertiary/aromatic N) is 3. The highest BCUT2D eigenvalue weighted by Gasteiger charge is 2.33. The van der Waals surface area contributed by atoms with E-state index in [4.69, 9.17) is 4.74 Å². The molecular weight excluding hydrogens is 299 g/mol. The maximum atomic E-state index is 12.3. The quantitative estimate of drug-likeness (QED) is 0.802. The summed E-state index contributed by atoms with van der Waals surface area (Å²) < 4.78 is 44.0. The molecule has 1 aromatic rings. The average molecular weight is 319 g/mol. The van der Waals surface area contributed by atoms with E-state index in [9.17, 15) is 18.0 Å². The molecule has 0 unspecified atom stereocenters. The highest BCUT2D eigenvalue weighted by atomic mass is 19.4. The van der Waals surface area contributed by atoms with Crippen LogP contribution in [0.25, 0.3) is 0 Å². The Labute approximate surface area is 127 Å². The van der Waals surface area contributed by atoms with Crippen LogP contribution >= 0.6 is 0 Å². The molecule has 1 aliphatic heterocycles. The molecule has 1 aromatic heterocycles. The summed E-state index contributed by atoms with van der Waals surface area (Å²) >= 11 is 0. The summed E-state index contributed by atoms with van der Waals surface area (Å²) in [5, 5.41) is 4.16. The van der Waals surface area contributed by atoms with Gasteiger partial charge in [0.2, 0.25) is 0 Å². The number of ether oxygens (including phenoxy) is 1. The summed E-state index contributed by atoms with van der Waals surface area (Å²) in [6.07, 6.45) is -3.69. The van der Waals surface area contributed by atoms with Crippen molar-refractivity contribution in [1.82, 2.24) is 14.7 Å². The zero-order chi connectivity index (χ0) is 16.5. The Hall–Kier alpha value is -1.57. The van der Waals surface area contributed by atoms with Gasteiger partial charge in [-0.25, -0.2) is 4.79 Å². The number of piperidine rings is 1. The number of carbonyl (C=O) groups is 1. The molecule has 0 amide bonds. The second-order valence-corrected chi connectivity index (χ2v) is 5.67. The lowest BCUT2D eigenvalue weighted by molar-refractivity contribution is -0.150. The number of alkyl halides is 3. The number of hydrogen-bond donors (Lipinski definition) is 0. The normalized spacial score (nSPS) is 17.7. The van der Waals surface area contributed by atoms with Gasteiger partial charge in [-0.2, -0.15) is 18.3 Å². The fourth-order valence-corrected chi connectivity index (χ4v) is 2.72. The summed E-state index contributed by atoms with van der Waals surface area (Å²) in [6.45, 7) is 3.16. The van der Waals surface area contributed by atoms with E-state index >= 15 is 0 Å². The lowest BCUT2D eigenvalue weighted by Crippen LogP contribution is -2.42. The van der Waals surface area contributed by atoms with Gasteiger partial charge >= 0.3 is 12.1 Å². The summed E-state index contributed by atoms with van der Waals surface area (Å²) in [7, 11) is 1.74. The fraction of sp³-hybridized carbons (Fsp3) is 0.714. The zero-order valence-electron chi connectivity index (χ0n) is 12.9. The number of aromatic nitrogens is 2. The molecular formula is C14H20F3N3O2. The molecule has 5 nitrogen and oxygen atoms in total. The Kier molecular flexibility index (Phi) is 4.79. The second kappa shape index (κ2) is 6.28. The van der Waals surface area contributed by atoms with E-state index in [1.807, 2.05) is 0 Å². The standard InChI is InChI=1S/C14H20F3N3O2/c1-9-12(10(2)19(3)18-9)13(21)22-11-4-6-20(7-5-11)8-14(15,16)17/h11H,4-8H2,1-3H3. The molecule has 2 rings (SSSR count). The molecule has 1 saturated heterocycles. The molecule has 0 bridgehead atoms. The maximum absolute atomic E-state index is 12.3. The molecule has 2 heterocycles. The van der Waals surface area contributed by atoms with Crippen molar-refractivity contribution in [3.05, 3.63) is 17.0 Å². The minimum absolute atomic E-state index is 0.280. The molecule has 0 aromatic carbocycles. The van der Waals surface area contributed by atoms with Crippen molar-refractivity contribution < 1.29 is 22.7 Å². The minimum Gasteiger partial charge on any atom is -0.459 e. The molecule has 8 heteroatoms. The van der Waals surface area contributed by atoms with Crippen molar-refractivity contribution in [1.29, 1.82) is 0 Å². The van der Waals surface area contributed by atoms with Crippen LogP contribution < -0.4 is 0 Å². The predicted molar refractivity (Wildman–Crippen MR) is 73.6 cm³/mol. The highest BCUT2D eigenvalue weighted by Crippen LogP contribution is 2.22. The van der Waals surface area contributed by atoms with E-state index in [1.165, 1.54) is 4.90 Å². The molecule has 0 saturated carbocycles. The Morgan fingerprint density at radius 3 is 2.36 bits per heavy atom. The molecule has 1 fully saturated rings. The third kappa shape index (κ3) is 4.00. The smallest absolute Gasteiger partial charge is 0.401 e. The van der Waals surface area contributed by atoms with Crippen molar-refractivity contribution in [3.8, 4) is 0 Å². The van der Waals surface area contributed by atoms with Gasteiger partial charge in [0.05, 0.1) is 12.2 Å². The van der Waals surface area contributed by atoms with Gasteiger partial charge in [0.25, 0.3) is 0 Å². The van der Waals surface area contributed by atoms with E-state index < -0.39 is 18.7 Å². The number of rotatable bonds is 3. The molecule has 0 atom stereocenters. The van der Waals surface area contributed by atoms with E-state index in [2.05, 4.69) is 5.10 Å². The molecule has 1 aliphatic rings. The first-order valence-electron chi connectivity index (χ1n) is 7.17. The topological polar surface area (TPSA) is 47.4 Å². The number of halogens is 3. The van der Waals surface area contributed by atoms with Gasteiger partial charge in [-0.05, 0) is 26.7 Å². The van der Waals surface area contributed by atoms with Crippen molar-refractivity contribution >= 4 is 5.97 Å². The van der Waals surface area contributed by atoms with Crippen molar-refractivity contribution in [3.63, 3.8) is 0 Å². The first kappa shape index (κ1) is 16.8. The van der Waals surface area contributed by atoms with E-state index in [0.717, 1.165) is 5.69 Å². The molecule has 22 heavy (non-hydrogen) atoms. The summed E-state index contributed by atoms with van der Waals surface area (Å²) in [6, 6.07) is 0. The number of aryl methyl sites for hydroxylation is 2. The summed E-state index contributed by atoms with van der Waals surface area (Å²) in [4.78, 5) is 13.5. The Morgan fingerprint density at radius 1 is 1.32 bits per heavy atom. The van der Waals surface area contributed by atoms with E-state index in [1.54, 1.807) is 25.6 Å². The van der Waals surface area contributed by atoms with Gasteiger partial charge in [0.15, 0.2) is 0 Å². The van der Waals surface area contributed by atoms with Crippen LogP contribution in [-0.4, -0.2) is 52.6 Å². The molecule has 124 valence electrons. The monoisotopic (exact) mass is 319 g/mol. The van der Waals surface area contributed by atoms with Crippen LogP contribution in [-0.2, 0) is 11.8 Å². The van der Waals surface area contributed by atoms with Crippen LogP contribution in [0, 0.1) is 13.8 Å². The van der Waals surface area contributed by atoms with Crippen molar-refractivity contribution in [2.75, 3.05) is 19.6 Å². The van der Waals surface area contributed by atoms with Gasteiger partial charge in [-0.3, -0.25) is 9.58 Å². The van der Waals surface area contributed by atoms with Crippen LogP contribution in [0.5, 0.6) is 0 Å². The van der Waals surface area contributed by atoms with E-state index in [0.29, 0.717) is 24.1 Å². The lowest BCUT2D eigenvalue weighted by Gasteiger charge is -2.31. The fourth-order valence-electron chi connectivity index (χ4n) is 2.72. The van der Waals surface area contributed by atoms with Gasteiger partial charge < -0.3 is 4.74 Å². The van der Waals surface area contributed by atoms with Crippen molar-refractivity contribution in [2.24, 2.45) is 7.05 Å². The number of esters is 1. The Morgan fingerprint density at radius 2 is 1.91 bits per heavy atom. The van der Waals surface area contributed by atoms with Crippen LogP contribution in [0.4, 0.5) is 13.2 Å². The second-order valence-electron chi connectivity index (χ2n) is 5.67. The van der Waals surface area contributed by atoms with Gasteiger partial charge in [0.1, 0.15) is 11.7 Å². The third-order valence-corrected chi connectivity index (χ3v) is 3.92. The van der Waals surface area contributed by atoms with Crippen LogP contribution in [0.3, 0.4) is 0 Å². The molecule has 0 aliphatic carbocycles. The minimum atomic E-state index is -4.19. The summed E-state index contributed by atoms with van der Waals surface area (Å²) in [5.74, 6) is -0.447. The highest BCUT2D eigenvalue weighted by molar-refractivity contribution is 5.92. The molecule has 0 N–H and O–H groups in total. The van der Waals surface area contributed by atoms with E-state index in [-0.39, 0.29) is 19.2 Å². The largest absolute Gasteiger partial charge is 0.459 e. The van der Waals surface area contributed by atoms with Crippen LogP contribution in [0.1, 0.15) is 34.6 Å². The number of hydrogen-bond acceptors (Lipinski definition) is 4. The Bertz CT molecular complexity index is 546. The van der Waals surface area contributed by atoms with Gasteiger partial charge in [-0.1, -0.05) is 0 Å². The molecule has 0 radical (unpaired) electrons. The lowest BCUT2D eigenvalue weighted by atomic mass is 10.1. The summed E-state index contributed by atoms with van der Waals surface area (Å²) in [5.41, 5.74) is 1.76. The third-order valence-electron chi connectivity index (χ3n) is 3.92. The zero-order valence-corrected chi connectivity index (χ0v) is 12.9. The van der Waals surface area contributed by atoms with Crippen LogP contribution in [0.15, 0.2) is 0 Å². The predicted octanol–water partition coefficient (Wildman–Crippen LogP) is 2.22. The van der Waals surface area contributed by atoms with Gasteiger partial charge in [-0.15, -0.1) is 0 Å².